The first-order valence-electron chi connectivity index (χ1n) is 5.80. The Hall–Kier alpha value is -3.01. The SMILES string of the molecule is COc1ccc([N+](=O)[O-])cc1NC(=O)c1ccc([N+](=O)[O-])s1. The van der Waals surface area contributed by atoms with E-state index in [4.69, 9.17) is 4.74 Å². The average molecular weight is 323 g/mol. The van der Waals surface area contributed by atoms with E-state index < -0.39 is 15.8 Å². The Balaban J connectivity index is 2.28. The lowest BCUT2D eigenvalue weighted by Crippen LogP contribution is -2.11. The quantitative estimate of drug-likeness (QED) is 0.666. The van der Waals surface area contributed by atoms with Crippen molar-refractivity contribution in [3.05, 3.63) is 55.4 Å². The summed E-state index contributed by atoms with van der Waals surface area (Å²) in [5.74, 6) is -0.373. The molecule has 0 aliphatic carbocycles. The minimum Gasteiger partial charge on any atom is -0.495 e. The van der Waals surface area contributed by atoms with Gasteiger partial charge in [-0.1, -0.05) is 11.3 Å². The molecule has 0 spiro atoms. The number of carbonyl (C=O) groups is 1. The van der Waals surface area contributed by atoms with Gasteiger partial charge >= 0.3 is 5.00 Å². The molecule has 1 N–H and O–H groups in total. The summed E-state index contributed by atoms with van der Waals surface area (Å²) in [6.07, 6.45) is 0. The van der Waals surface area contributed by atoms with Gasteiger partial charge in [-0.2, -0.15) is 0 Å². The van der Waals surface area contributed by atoms with Crippen LogP contribution in [0.5, 0.6) is 5.75 Å². The molecule has 1 heterocycles. The van der Waals surface area contributed by atoms with E-state index in [0.29, 0.717) is 11.3 Å². The van der Waals surface area contributed by atoms with Crippen molar-refractivity contribution in [3.8, 4) is 5.75 Å². The molecule has 0 bridgehead atoms. The van der Waals surface area contributed by atoms with Crippen LogP contribution >= 0.6 is 11.3 Å². The molecule has 0 saturated carbocycles. The standard InChI is InChI=1S/C12H9N3O6S/c1-21-9-3-2-7(14(17)18)6-8(9)13-12(16)10-4-5-11(22-10)15(19)20/h2-6H,1H3,(H,13,16). The highest BCUT2D eigenvalue weighted by molar-refractivity contribution is 7.17. The molecule has 9 nitrogen and oxygen atoms in total. The second kappa shape index (κ2) is 6.18. The van der Waals surface area contributed by atoms with Gasteiger partial charge in [-0.05, 0) is 12.1 Å². The van der Waals surface area contributed by atoms with Crippen molar-refractivity contribution in [3.63, 3.8) is 0 Å². The summed E-state index contributed by atoms with van der Waals surface area (Å²) in [4.78, 5) is 32.3. The molecule has 2 aromatic rings. The van der Waals surface area contributed by atoms with Crippen LogP contribution in [-0.2, 0) is 0 Å². The second-order valence-corrected chi connectivity index (χ2v) is 5.05. The van der Waals surface area contributed by atoms with Crippen molar-refractivity contribution in [2.75, 3.05) is 12.4 Å². The van der Waals surface area contributed by atoms with Crippen molar-refractivity contribution >= 4 is 33.6 Å². The number of amides is 1. The molecule has 2 rings (SSSR count). The molecule has 1 amide bonds. The Morgan fingerprint density at radius 2 is 1.91 bits per heavy atom. The number of anilines is 1. The molecule has 0 aliphatic rings. The third-order valence-electron chi connectivity index (χ3n) is 2.64. The number of non-ortho nitro benzene ring substituents is 1. The summed E-state index contributed by atoms with van der Waals surface area (Å²) in [6.45, 7) is 0. The number of ether oxygens (including phenoxy) is 1. The highest BCUT2D eigenvalue weighted by Crippen LogP contribution is 2.30. The zero-order valence-corrected chi connectivity index (χ0v) is 12.0. The molecule has 22 heavy (non-hydrogen) atoms. The van der Waals surface area contributed by atoms with E-state index in [-0.39, 0.29) is 27.0 Å². The largest absolute Gasteiger partial charge is 0.495 e. The lowest BCUT2D eigenvalue weighted by molar-refractivity contribution is -0.384. The fourth-order valence-corrected chi connectivity index (χ4v) is 2.35. The van der Waals surface area contributed by atoms with E-state index in [9.17, 15) is 25.0 Å². The van der Waals surface area contributed by atoms with Crippen molar-refractivity contribution < 1.29 is 19.4 Å². The number of carbonyl (C=O) groups excluding carboxylic acids is 1. The second-order valence-electron chi connectivity index (χ2n) is 3.99. The highest BCUT2D eigenvalue weighted by atomic mass is 32.1. The number of hydrogen-bond donors (Lipinski definition) is 1. The molecule has 0 radical (unpaired) electrons. The van der Waals surface area contributed by atoms with Crippen LogP contribution < -0.4 is 10.1 Å². The maximum absolute atomic E-state index is 12.1. The van der Waals surface area contributed by atoms with Crippen molar-refractivity contribution in [2.45, 2.75) is 0 Å². The number of nitro groups is 2. The number of methoxy groups -OCH3 is 1. The Morgan fingerprint density at radius 1 is 1.18 bits per heavy atom. The van der Waals surface area contributed by atoms with E-state index in [2.05, 4.69) is 5.32 Å². The van der Waals surface area contributed by atoms with Crippen LogP contribution in [0.1, 0.15) is 9.67 Å². The maximum atomic E-state index is 12.1. The number of benzene rings is 1. The molecule has 10 heteroatoms. The van der Waals surface area contributed by atoms with Gasteiger partial charge in [0.15, 0.2) is 0 Å². The number of nitrogens with zero attached hydrogens (tertiary/aromatic N) is 2. The summed E-state index contributed by atoms with van der Waals surface area (Å²) in [7, 11) is 1.35. The lowest BCUT2D eigenvalue weighted by Gasteiger charge is -2.08. The molecule has 0 aliphatic heterocycles. The Bertz CT molecular complexity index is 757. The van der Waals surface area contributed by atoms with E-state index in [0.717, 1.165) is 6.07 Å². The first-order valence-corrected chi connectivity index (χ1v) is 6.62. The van der Waals surface area contributed by atoms with Gasteiger partial charge in [0.1, 0.15) is 5.75 Å². The van der Waals surface area contributed by atoms with Gasteiger partial charge in [-0.25, -0.2) is 0 Å². The highest BCUT2D eigenvalue weighted by Gasteiger charge is 2.18. The van der Waals surface area contributed by atoms with Crippen LogP contribution in [0, 0.1) is 20.2 Å². The van der Waals surface area contributed by atoms with Crippen molar-refractivity contribution in [2.24, 2.45) is 0 Å². The summed E-state index contributed by atoms with van der Waals surface area (Å²) >= 11 is 0.706. The van der Waals surface area contributed by atoms with Crippen LogP contribution in [0.2, 0.25) is 0 Å². The van der Waals surface area contributed by atoms with Crippen LogP contribution in [0.4, 0.5) is 16.4 Å². The monoisotopic (exact) mass is 323 g/mol. The first kappa shape index (κ1) is 15.4. The van der Waals surface area contributed by atoms with Gasteiger partial charge in [-0.3, -0.25) is 25.0 Å². The summed E-state index contributed by atoms with van der Waals surface area (Å²) in [5.41, 5.74) is -0.106. The third-order valence-corrected chi connectivity index (χ3v) is 3.67. The van der Waals surface area contributed by atoms with Gasteiger partial charge in [0.25, 0.3) is 11.6 Å². The minimum atomic E-state index is -0.614. The summed E-state index contributed by atoms with van der Waals surface area (Å²) in [5, 5.41) is 23.6. The molecule has 1 aromatic carbocycles. The fourth-order valence-electron chi connectivity index (χ4n) is 1.64. The third kappa shape index (κ3) is 3.17. The van der Waals surface area contributed by atoms with Gasteiger partial charge in [-0.15, -0.1) is 0 Å². The van der Waals surface area contributed by atoms with Gasteiger partial charge < -0.3 is 10.1 Å². The number of thiophene rings is 1. The summed E-state index contributed by atoms with van der Waals surface area (Å²) < 4.78 is 5.02. The zero-order valence-electron chi connectivity index (χ0n) is 11.1. The predicted octanol–water partition coefficient (Wildman–Crippen LogP) is 2.83. The van der Waals surface area contributed by atoms with E-state index in [1.54, 1.807) is 0 Å². The maximum Gasteiger partial charge on any atom is 0.324 e. The molecule has 1 aromatic heterocycles. The Morgan fingerprint density at radius 3 is 2.45 bits per heavy atom. The first-order chi connectivity index (χ1) is 10.4. The molecule has 0 atom stereocenters. The molecule has 0 unspecified atom stereocenters. The molecule has 114 valence electrons. The molecule has 0 fully saturated rings. The lowest BCUT2D eigenvalue weighted by atomic mass is 10.2. The minimum absolute atomic E-state index is 0.109. The van der Waals surface area contributed by atoms with Crippen LogP contribution in [-0.4, -0.2) is 22.9 Å². The average Bonchev–Trinajstić information content (AvgIpc) is 2.97. The van der Waals surface area contributed by atoms with Crippen molar-refractivity contribution in [1.29, 1.82) is 0 Å². The van der Waals surface area contributed by atoms with E-state index >= 15 is 0 Å². The van der Waals surface area contributed by atoms with Gasteiger partial charge in [0.05, 0.1) is 27.5 Å². The normalized spacial score (nSPS) is 10.0. The van der Waals surface area contributed by atoms with Gasteiger partial charge in [0.2, 0.25) is 0 Å². The van der Waals surface area contributed by atoms with Crippen LogP contribution in [0.25, 0.3) is 0 Å². The number of nitro benzene ring substituents is 1. The van der Waals surface area contributed by atoms with Crippen molar-refractivity contribution in [1.82, 2.24) is 0 Å². The number of hydrogen-bond acceptors (Lipinski definition) is 7. The smallest absolute Gasteiger partial charge is 0.324 e. The zero-order chi connectivity index (χ0) is 16.3. The Kier molecular flexibility index (Phi) is 4.32. The van der Waals surface area contributed by atoms with E-state index in [1.807, 2.05) is 0 Å². The van der Waals surface area contributed by atoms with Gasteiger partial charge in [0, 0.05) is 18.2 Å². The topological polar surface area (TPSA) is 125 Å². The van der Waals surface area contributed by atoms with Crippen LogP contribution in [0.15, 0.2) is 30.3 Å². The predicted molar refractivity (Wildman–Crippen MR) is 78.6 cm³/mol. The fraction of sp³-hybridized carbons (Fsp3) is 0.0833. The summed E-state index contributed by atoms with van der Waals surface area (Å²) in [6, 6.07) is 6.26. The van der Waals surface area contributed by atoms with E-state index in [1.165, 1.54) is 31.4 Å². The number of nitrogens with one attached hydrogen (secondary N) is 1. The van der Waals surface area contributed by atoms with Crippen LogP contribution in [0.3, 0.4) is 0 Å². The number of rotatable bonds is 5. The Labute approximate surface area is 127 Å². The molecule has 0 saturated heterocycles. The molecular weight excluding hydrogens is 314 g/mol. The molecular formula is C12H9N3O6S.